The largest absolute Gasteiger partial charge is 0.405 e. The van der Waals surface area contributed by atoms with Crippen LogP contribution in [0.25, 0.3) is 22.4 Å². The highest BCUT2D eigenvalue weighted by Gasteiger charge is 2.51. The van der Waals surface area contributed by atoms with Gasteiger partial charge in [0, 0.05) is 27.6 Å². The lowest BCUT2D eigenvalue weighted by atomic mass is 10.2. The van der Waals surface area contributed by atoms with Crippen LogP contribution in [0.15, 0.2) is 24.7 Å². The summed E-state index contributed by atoms with van der Waals surface area (Å²) in [5.41, 5.74) is -0.301. The predicted octanol–water partition coefficient (Wildman–Crippen LogP) is 4.17. The zero-order chi connectivity index (χ0) is 20.8. The third kappa shape index (κ3) is 3.95. The van der Waals surface area contributed by atoms with Crippen LogP contribution in [0.2, 0.25) is 5.02 Å². The van der Waals surface area contributed by atoms with Crippen LogP contribution >= 0.6 is 11.6 Å². The van der Waals surface area contributed by atoms with Crippen molar-refractivity contribution in [2.24, 2.45) is 0 Å². The van der Waals surface area contributed by atoms with Gasteiger partial charge in [0.1, 0.15) is 17.7 Å². The molecule has 0 atom stereocenters. The number of halogens is 5. The molecular weight excluding hydrogens is 416 g/mol. The van der Waals surface area contributed by atoms with Crippen LogP contribution in [0.3, 0.4) is 0 Å². The lowest BCUT2D eigenvalue weighted by Crippen LogP contribution is -2.45. The third-order valence-electron chi connectivity index (χ3n) is 4.47. The second-order valence-corrected chi connectivity index (χ2v) is 7.08. The molecule has 0 radical (unpaired) electrons. The highest BCUT2D eigenvalue weighted by molar-refractivity contribution is 6.31. The first-order valence-corrected chi connectivity index (χ1v) is 8.83. The van der Waals surface area contributed by atoms with E-state index in [1.807, 2.05) is 5.32 Å². The Balaban J connectivity index is 0.00000171. The average Bonchev–Trinajstić information content (AvgIpc) is 3.32. The highest BCUT2D eigenvalue weighted by atomic mass is 35.5. The van der Waals surface area contributed by atoms with Crippen molar-refractivity contribution in [2.45, 2.75) is 24.6 Å². The molecule has 0 saturated heterocycles. The summed E-state index contributed by atoms with van der Waals surface area (Å²) in [5.74, 6) is -1.84. The number of alkyl halides is 3. The minimum Gasteiger partial charge on any atom is -0.353 e. The number of fused-ring (bicyclic) bond motifs is 1. The highest BCUT2D eigenvalue weighted by Crippen LogP contribution is 2.40. The fourth-order valence-electron chi connectivity index (χ4n) is 2.86. The molecule has 1 aliphatic carbocycles. The molecule has 3 heterocycles. The lowest BCUT2D eigenvalue weighted by Gasteiger charge is -2.19. The van der Waals surface area contributed by atoms with Gasteiger partial charge in [-0.05, 0) is 18.9 Å². The van der Waals surface area contributed by atoms with Gasteiger partial charge in [0.15, 0.2) is 17.5 Å². The predicted molar refractivity (Wildman–Crippen MR) is 103 cm³/mol. The number of aromatic nitrogens is 4. The van der Waals surface area contributed by atoms with E-state index < -0.39 is 30.0 Å². The van der Waals surface area contributed by atoms with Crippen molar-refractivity contribution in [1.29, 1.82) is 0 Å². The van der Waals surface area contributed by atoms with Gasteiger partial charge >= 0.3 is 6.18 Å². The molecule has 3 N–H and O–H groups in total. The molecule has 3 aromatic heterocycles. The van der Waals surface area contributed by atoms with Crippen LogP contribution in [0.4, 0.5) is 23.4 Å². The maximum atomic E-state index is 14.2. The van der Waals surface area contributed by atoms with Crippen LogP contribution in [0.1, 0.15) is 17.1 Å². The Hall–Kier alpha value is -2.95. The number of amides is 1. The Morgan fingerprint density at radius 1 is 1.31 bits per heavy atom. The zero-order valence-electron chi connectivity index (χ0n) is 14.6. The average molecular weight is 435 g/mol. The summed E-state index contributed by atoms with van der Waals surface area (Å²) in [6, 6.07) is 1.64. The molecule has 7 nitrogen and oxygen atoms in total. The molecule has 12 heteroatoms. The molecular formula is C17H19ClF4N6O. The van der Waals surface area contributed by atoms with Gasteiger partial charge in [0.25, 0.3) is 0 Å². The van der Waals surface area contributed by atoms with E-state index in [0.717, 1.165) is 6.20 Å². The number of nitrogens with one attached hydrogen (secondary N) is 3. The summed E-state index contributed by atoms with van der Waals surface area (Å²) in [6.07, 6.45) is -0.0773. The summed E-state index contributed by atoms with van der Waals surface area (Å²) in [5, 5.41) is 5.45. The van der Waals surface area contributed by atoms with Crippen molar-refractivity contribution in [3.05, 3.63) is 35.5 Å². The van der Waals surface area contributed by atoms with Crippen molar-refractivity contribution in [2.75, 3.05) is 11.9 Å². The smallest absolute Gasteiger partial charge is 0.353 e. The Bertz CT molecular complexity index is 1110. The first-order chi connectivity index (χ1) is 13.7. The SMILES string of the molecule is O=C(NCC(F)(F)F)C1(Nc2nc(-c3c[nH]c4ncc(Cl)cc34)ncc2F)CC1.[HH].[HH].[HH]. The number of rotatable bonds is 5. The normalized spacial score (nSPS) is 15.3. The number of aromatic amines is 1. The summed E-state index contributed by atoms with van der Waals surface area (Å²) in [4.78, 5) is 27.3. The standard InChI is InChI=1S/C17H13ClF4N6O.3H2/c18-8-3-9-10(5-24-12(9)23-4-8)13-25-6-11(19)14(27-13)28-16(1-2-16)15(29)26-7-17(20,21)22;;;/h3-6H,1-2,7H2,(H,23,24)(H,26,29)(H,25,27,28);3*1H. The Kier molecular flexibility index (Phi) is 4.56. The molecule has 0 aromatic carbocycles. The first kappa shape index (κ1) is 19.4. The summed E-state index contributed by atoms with van der Waals surface area (Å²) >= 11 is 5.97. The molecule has 29 heavy (non-hydrogen) atoms. The first-order valence-electron chi connectivity index (χ1n) is 8.46. The second kappa shape index (κ2) is 6.83. The second-order valence-electron chi connectivity index (χ2n) is 6.65. The number of carbonyl (C=O) groups is 1. The maximum Gasteiger partial charge on any atom is 0.405 e. The third-order valence-corrected chi connectivity index (χ3v) is 4.68. The molecule has 1 fully saturated rings. The molecule has 0 spiro atoms. The number of hydrogen-bond donors (Lipinski definition) is 3. The van der Waals surface area contributed by atoms with Gasteiger partial charge in [-0.15, -0.1) is 0 Å². The molecule has 1 amide bonds. The molecule has 0 unspecified atom stereocenters. The summed E-state index contributed by atoms with van der Waals surface area (Å²) < 4.78 is 51.3. The van der Waals surface area contributed by atoms with Crippen molar-refractivity contribution in [3.8, 4) is 11.4 Å². The molecule has 158 valence electrons. The van der Waals surface area contributed by atoms with Gasteiger partial charge < -0.3 is 15.6 Å². The van der Waals surface area contributed by atoms with E-state index in [2.05, 4.69) is 25.3 Å². The van der Waals surface area contributed by atoms with E-state index in [-0.39, 0.29) is 28.8 Å². The van der Waals surface area contributed by atoms with Crippen LogP contribution in [0.5, 0.6) is 0 Å². The van der Waals surface area contributed by atoms with E-state index >= 15 is 0 Å². The van der Waals surface area contributed by atoms with E-state index in [0.29, 0.717) is 21.6 Å². The van der Waals surface area contributed by atoms with Crippen LogP contribution < -0.4 is 10.6 Å². The van der Waals surface area contributed by atoms with Gasteiger partial charge in [-0.2, -0.15) is 13.2 Å². The van der Waals surface area contributed by atoms with Crippen LogP contribution in [-0.4, -0.2) is 44.1 Å². The minimum absolute atomic E-state index is 0. The Morgan fingerprint density at radius 2 is 2.07 bits per heavy atom. The van der Waals surface area contributed by atoms with Gasteiger partial charge in [0.05, 0.1) is 11.2 Å². The maximum absolute atomic E-state index is 14.2. The number of H-pyrrole nitrogens is 1. The molecule has 0 bridgehead atoms. The van der Waals surface area contributed by atoms with Crippen LogP contribution in [0, 0.1) is 5.82 Å². The van der Waals surface area contributed by atoms with Crippen molar-refractivity contribution < 1.29 is 26.6 Å². The lowest BCUT2D eigenvalue weighted by molar-refractivity contribution is -0.139. The molecule has 3 aromatic rings. The van der Waals surface area contributed by atoms with E-state index in [1.165, 1.54) is 6.20 Å². The molecule has 1 aliphatic rings. The van der Waals surface area contributed by atoms with E-state index in [1.54, 1.807) is 12.3 Å². The van der Waals surface area contributed by atoms with E-state index in [9.17, 15) is 22.4 Å². The number of pyridine rings is 1. The molecule has 4 rings (SSSR count). The molecule has 0 aliphatic heterocycles. The summed E-state index contributed by atoms with van der Waals surface area (Å²) in [7, 11) is 0. The Labute approximate surface area is 170 Å². The summed E-state index contributed by atoms with van der Waals surface area (Å²) in [6.45, 7) is -1.46. The number of nitrogens with zero attached hydrogens (tertiary/aromatic N) is 3. The molecule has 1 saturated carbocycles. The van der Waals surface area contributed by atoms with Gasteiger partial charge in [-0.3, -0.25) is 4.79 Å². The minimum atomic E-state index is -4.54. The van der Waals surface area contributed by atoms with Crippen molar-refractivity contribution in [1.82, 2.24) is 25.3 Å². The van der Waals surface area contributed by atoms with E-state index in [4.69, 9.17) is 11.6 Å². The quantitative estimate of drug-likeness (QED) is 0.524. The zero-order valence-corrected chi connectivity index (χ0v) is 15.3. The number of anilines is 1. The van der Waals surface area contributed by atoms with Gasteiger partial charge in [0.2, 0.25) is 5.91 Å². The fraction of sp³-hybridized carbons (Fsp3) is 0.294. The van der Waals surface area contributed by atoms with Crippen molar-refractivity contribution >= 4 is 34.4 Å². The fourth-order valence-corrected chi connectivity index (χ4v) is 3.02. The number of carbonyl (C=O) groups excluding carboxylic acids is 1. The van der Waals surface area contributed by atoms with Gasteiger partial charge in [-0.1, -0.05) is 11.6 Å². The Morgan fingerprint density at radius 3 is 2.76 bits per heavy atom. The van der Waals surface area contributed by atoms with Gasteiger partial charge in [-0.25, -0.2) is 19.3 Å². The van der Waals surface area contributed by atoms with Crippen molar-refractivity contribution in [3.63, 3.8) is 0 Å². The van der Waals surface area contributed by atoms with Crippen LogP contribution in [-0.2, 0) is 4.79 Å². The number of hydrogen-bond acceptors (Lipinski definition) is 5. The monoisotopic (exact) mass is 434 g/mol. The topological polar surface area (TPSA) is 95.6 Å².